The second-order valence-corrected chi connectivity index (χ2v) is 4.11. The van der Waals surface area contributed by atoms with Crippen LogP contribution in [0.1, 0.15) is 24.3 Å². The number of carbonyl (C=O) groups excluding carboxylic acids is 1. The van der Waals surface area contributed by atoms with Gasteiger partial charge in [0.1, 0.15) is 11.5 Å². The van der Waals surface area contributed by atoms with Gasteiger partial charge < -0.3 is 15.5 Å². The van der Waals surface area contributed by atoms with Gasteiger partial charge in [-0.15, -0.1) is 0 Å². The van der Waals surface area contributed by atoms with E-state index in [0.29, 0.717) is 19.0 Å². The molecular formula is C11H17ClN4O2. The highest BCUT2D eigenvalue weighted by atomic mass is 35.5. The molecule has 1 amide bonds. The minimum absolute atomic E-state index is 0.121. The molecule has 0 aliphatic rings. The molecular weight excluding hydrogens is 256 g/mol. The first-order valence-corrected chi connectivity index (χ1v) is 5.98. The van der Waals surface area contributed by atoms with Crippen molar-refractivity contribution in [3.63, 3.8) is 0 Å². The first-order chi connectivity index (χ1) is 8.58. The molecule has 0 bridgehead atoms. The minimum Gasteiger partial charge on any atom is -0.380 e. The summed E-state index contributed by atoms with van der Waals surface area (Å²) in [6, 6.07) is 3.03. The van der Waals surface area contributed by atoms with Crippen molar-refractivity contribution in [3.8, 4) is 0 Å². The summed E-state index contributed by atoms with van der Waals surface area (Å²) in [5, 5.41) is 3.02. The van der Waals surface area contributed by atoms with Gasteiger partial charge in [-0.05, 0) is 26.0 Å². The van der Waals surface area contributed by atoms with Crippen LogP contribution < -0.4 is 16.6 Å². The SMILES string of the molecule is CCOCC(C)NC(=O)c1nc(NN)ccc1Cl. The smallest absolute Gasteiger partial charge is 0.271 e. The average molecular weight is 273 g/mol. The van der Waals surface area contributed by atoms with Crippen molar-refractivity contribution >= 4 is 23.3 Å². The Morgan fingerprint density at radius 3 is 2.94 bits per heavy atom. The Balaban J connectivity index is 2.71. The van der Waals surface area contributed by atoms with Crippen molar-refractivity contribution in [3.05, 3.63) is 22.8 Å². The molecule has 4 N–H and O–H groups in total. The van der Waals surface area contributed by atoms with Crippen LogP contribution >= 0.6 is 11.6 Å². The quantitative estimate of drug-likeness (QED) is 0.534. The van der Waals surface area contributed by atoms with E-state index in [-0.39, 0.29) is 22.7 Å². The van der Waals surface area contributed by atoms with E-state index in [9.17, 15) is 4.79 Å². The normalized spacial score (nSPS) is 12.0. The Morgan fingerprint density at radius 1 is 1.61 bits per heavy atom. The largest absolute Gasteiger partial charge is 0.380 e. The highest BCUT2D eigenvalue weighted by Crippen LogP contribution is 2.16. The fraction of sp³-hybridized carbons (Fsp3) is 0.455. The summed E-state index contributed by atoms with van der Waals surface area (Å²) in [5.41, 5.74) is 2.50. The molecule has 0 aliphatic heterocycles. The third-order valence-corrected chi connectivity index (χ3v) is 2.46. The summed E-state index contributed by atoms with van der Waals surface area (Å²) < 4.78 is 5.21. The van der Waals surface area contributed by atoms with Crippen LogP contribution in [0.3, 0.4) is 0 Å². The maximum absolute atomic E-state index is 11.9. The van der Waals surface area contributed by atoms with Gasteiger partial charge in [0.15, 0.2) is 0 Å². The lowest BCUT2D eigenvalue weighted by molar-refractivity contribution is 0.0867. The summed E-state index contributed by atoms with van der Waals surface area (Å²) >= 11 is 5.91. The molecule has 7 heteroatoms. The fourth-order valence-corrected chi connectivity index (χ4v) is 1.50. The van der Waals surface area contributed by atoms with Crippen molar-refractivity contribution in [1.29, 1.82) is 0 Å². The number of hydrazine groups is 1. The van der Waals surface area contributed by atoms with E-state index in [2.05, 4.69) is 15.7 Å². The maximum atomic E-state index is 11.9. The van der Waals surface area contributed by atoms with E-state index in [1.54, 1.807) is 12.1 Å². The second-order valence-electron chi connectivity index (χ2n) is 3.71. The molecule has 0 radical (unpaired) electrons. The van der Waals surface area contributed by atoms with E-state index in [0.717, 1.165) is 0 Å². The monoisotopic (exact) mass is 272 g/mol. The second kappa shape index (κ2) is 7.15. The Morgan fingerprint density at radius 2 is 2.33 bits per heavy atom. The van der Waals surface area contributed by atoms with Crippen molar-refractivity contribution < 1.29 is 9.53 Å². The third-order valence-electron chi connectivity index (χ3n) is 2.16. The fourth-order valence-electron chi connectivity index (χ4n) is 1.31. The Hall–Kier alpha value is -1.37. The topological polar surface area (TPSA) is 89.3 Å². The molecule has 1 atom stereocenters. The van der Waals surface area contributed by atoms with Gasteiger partial charge in [0.25, 0.3) is 5.91 Å². The molecule has 6 nitrogen and oxygen atoms in total. The van der Waals surface area contributed by atoms with E-state index in [1.165, 1.54) is 0 Å². The van der Waals surface area contributed by atoms with Crippen LogP contribution in [0.4, 0.5) is 5.82 Å². The molecule has 100 valence electrons. The van der Waals surface area contributed by atoms with Gasteiger partial charge >= 0.3 is 0 Å². The molecule has 0 saturated carbocycles. The molecule has 1 unspecified atom stereocenters. The number of pyridine rings is 1. The predicted octanol–water partition coefficient (Wildman–Crippen LogP) is 1.18. The number of hydrogen-bond acceptors (Lipinski definition) is 5. The molecule has 1 heterocycles. The number of hydrogen-bond donors (Lipinski definition) is 3. The average Bonchev–Trinajstić information content (AvgIpc) is 2.36. The molecule has 0 fully saturated rings. The minimum atomic E-state index is -0.357. The summed E-state index contributed by atoms with van der Waals surface area (Å²) in [6.07, 6.45) is 0. The Bertz CT molecular complexity index is 414. The molecule has 0 aliphatic carbocycles. The number of carbonyl (C=O) groups is 1. The third kappa shape index (κ3) is 4.14. The summed E-state index contributed by atoms with van der Waals surface area (Å²) in [7, 11) is 0. The van der Waals surface area contributed by atoms with E-state index in [4.69, 9.17) is 22.2 Å². The van der Waals surface area contributed by atoms with Crippen LogP contribution in [0.25, 0.3) is 0 Å². The predicted molar refractivity (Wildman–Crippen MR) is 70.5 cm³/mol. The first-order valence-electron chi connectivity index (χ1n) is 5.60. The maximum Gasteiger partial charge on any atom is 0.271 e. The number of rotatable bonds is 6. The number of aromatic nitrogens is 1. The number of nitrogen functional groups attached to an aromatic ring is 1. The zero-order chi connectivity index (χ0) is 13.5. The lowest BCUT2D eigenvalue weighted by Gasteiger charge is -2.14. The van der Waals surface area contributed by atoms with Crippen LogP contribution in [0.15, 0.2) is 12.1 Å². The van der Waals surface area contributed by atoms with E-state index in [1.807, 2.05) is 13.8 Å². The lowest BCUT2D eigenvalue weighted by atomic mass is 10.3. The highest BCUT2D eigenvalue weighted by Gasteiger charge is 2.15. The van der Waals surface area contributed by atoms with Gasteiger partial charge in [-0.1, -0.05) is 11.6 Å². The summed E-state index contributed by atoms with van der Waals surface area (Å²) in [5.74, 6) is 5.25. The van der Waals surface area contributed by atoms with Crippen LogP contribution in [-0.4, -0.2) is 30.1 Å². The summed E-state index contributed by atoms with van der Waals surface area (Å²) in [6.45, 7) is 4.77. The van der Waals surface area contributed by atoms with Crippen molar-refractivity contribution in [2.45, 2.75) is 19.9 Å². The van der Waals surface area contributed by atoms with Gasteiger partial charge in [-0.3, -0.25) is 4.79 Å². The van der Waals surface area contributed by atoms with Crippen molar-refractivity contribution in [2.75, 3.05) is 18.6 Å². The van der Waals surface area contributed by atoms with Gasteiger partial charge in [-0.25, -0.2) is 10.8 Å². The Labute approximate surface area is 111 Å². The molecule has 1 aromatic heterocycles. The molecule has 1 aromatic rings. The Kier molecular flexibility index (Phi) is 5.84. The number of amides is 1. The van der Waals surface area contributed by atoms with Crippen LogP contribution in [-0.2, 0) is 4.74 Å². The molecule has 1 rings (SSSR count). The molecule has 18 heavy (non-hydrogen) atoms. The highest BCUT2D eigenvalue weighted by molar-refractivity contribution is 6.33. The number of halogens is 1. The van der Waals surface area contributed by atoms with E-state index >= 15 is 0 Å². The van der Waals surface area contributed by atoms with Gasteiger partial charge in [0.2, 0.25) is 0 Å². The molecule has 0 aromatic carbocycles. The van der Waals surface area contributed by atoms with E-state index < -0.39 is 0 Å². The van der Waals surface area contributed by atoms with Gasteiger partial charge in [-0.2, -0.15) is 0 Å². The lowest BCUT2D eigenvalue weighted by Crippen LogP contribution is -2.36. The molecule has 0 spiro atoms. The van der Waals surface area contributed by atoms with Crippen molar-refractivity contribution in [1.82, 2.24) is 10.3 Å². The van der Waals surface area contributed by atoms with Crippen molar-refractivity contribution in [2.24, 2.45) is 5.84 Å². The number of anilines is 1. The standard InChI is InChI=1S/C11H17ClN4O2/c1-3-18-6-7(2)14-11(17)10-8(12)4-5-9(15-10)16-13/h4-5,7H,3,6,13H2,1-2H3,(H,14,17)(H,15,16). The van der Waals surface area contributed by atoms with Crippen LogP contribution in [0.2, 0.25) is 5.02 Å². The number of ether oxygens (including phenoxy) is 1. The zero-order valence-electron chi connectivity index (χ0n) is 10.4. The first kappa shape index (κ1) is 14.7. The zero-order valence-corrected chi connectivity index (χ0v) is 11.1. The number of nitrogens with two attached hydrogens (primary N) is 1. The van der Waals surface area contributed by atoms with Crippen LogP contribution in [0, 0.1) is 0 Å². The summed E-state index contributed by atoms with van der Waals surface area (Å²) in [4.78, 5) is 15.9. The number of nitrogens with one attached hydrogen (secondary N) is 2. The van der Waals surface area contributed by atoms with Crippen LogP contribution in [0.5, 0.6) is 0 Å². The number of nitrogens with zero attached hydrogens (tertiary/aromatic N) is 1. The molecule has 0 saturated heterocycles. The van der Waals surface area contributed by atoms with Gasteiger partial charge in [0.05, 0.1) is 11.6 Å². The van der Waals surface area contributed by atoms with Gasteiger partial charge in [0, 0.05) is 12.6 Å².